The smallest absolute Gasteiger partial charge is 0.407 e. The number of ether oxygens (including phenoxy) is 3. The molecule has 2 aromatic carbocycles. The number of aromatic nitrogens is 5. The van der Waals surface area contributed by atoms with Crippen LogP contribution in [0.5, 0.6) is 5.88 Å². The van der Waals surface area contributed by atoms with Crippen molar-refractivity contribution in [3.63, 3.8) is 0 Å². The number of amides is 4. The van der Waals surface area contributed by atoms with Gasteiger partial charge in [0.2, 0.25) is 17.7 Å². The van der Waals surface area contributed by atoms with Gasteiger partial charge < -0.3 is 49.5 Å². The Morgan fingerprint density at radius 1 is 0.651 bits per heavy atom. The van der Waals surface area contributed by atoms with Gasteiger partial charge in [0.1, 0.15) is 23.7 Å². The fourth-order valence-electron chi connectivity index (χ4n) is 9.68. The van der Waals surface area contributed by atoms with Gasteiger partial charge in [-0.1, -0.05) is 39.8 Å². The zero-order valence-corrected chi connectivity index (χ0v) is 37.0. The van der Waals surface area contributed by atoms with Crippen molar-refractivity contribution in [1.29, 1.82) is 0 Å². The number of benzene rings is 2. The van der Waals surface area contributed by atoms with E-state index in [1.807, 2.05) is 68.0 Å². The van der Waals surface area contributed by atoms with Gasteiger partial charge in [-0.05, 0) is 91.8 Å². The topological polar surface area (TPSA) is 200 Å². The summed E-state index contributed by atoms with van der Waals surface area (Å²) in [5.41, 5.74) is 6.60. The summed E-state index contributed by atoms with van der Waals surface area (Å²) >= 11 is 0. The number of likely N-dealkylation sites (tertiary alicyclic amines) is 2. The molecule has 3 aliphatic rings. The molecule has 8 rings (SSSR count). The van der Waals surface area contributed by atoms with Crippen LogP contribution in [0.4, 0.5) is 15.3 Å². The molecule has 0 saturated carbocycles. The van der Waals surface area contributed by atoms with E-state index in [0.29, 0.717) is 19.0 Å². The van der Waals surface area contributed by atoms with Gasteiger partial charge in [0.15, 0.2) is 0 Å². The monoisotopic (exact) mass is 862 g/mol. The van der Waals surface area contributed by atoms with Gasteiger partial charge in [0.05, 0.1) is 79.4 Å². The highest BCUT2D eigenvalue weighted by Gasteiger charge is 2.40. The molecule has 0 unspecified atom stereocenters. The lowest BCUT2D eigenvalue weighted by Gasteiger charge is -2.33. The lowest BCUT2D eigenvalue weighted by Crippen LogP contribution is -2.51. The molecule has 0 aliphatic carbocycles. The minimum absolute atomic E-state index is 0.000634. The summed E-state index contributed by atoms with van der Waals surface area (Å²) in [6, 6.07) is 14.7. The number of imidazole rings is 2. The van der Waals surface area contributed by atoms with Crippen molar-refractivity contribution in [1.82, 2.24) is 45.4 Å². The molecule has 334 valence electrons. The summed E-state index contributed by atoms with van der Waals surface area (Å²) in [7, 11) is 4.19. The maximum Gasteiger partial charge on any atom is 0.407 e. The number of nitrogens with zero attached hydrogens (tertiary/aromatic N) is 6. The first-order chi connectivity index (χ1) is 30.4. The third kappa shape index (κ3) is 8.56. The third-order valence-electron chi connectivity index (χ3n) is 12.9. The number of carbonyl (C=O) groups excluding carboxylic acids is 4. The Balaban J connectivity index is 1.07. The van der Waals surface area contributed by atoms with Gasteiger partial charge >= 0.3 is 12.2 Å². The van der Waals surface area contributed by atoms with Gasteiger partial charge in [-0.2, -0.15) is 0 Å². The van der Waals surface area contributed by atoms with Crippen molar-refractivity contribution in [2.24, 2.45) is 11.8 Å². The van der Waals surface area contributed by atoms with Crippen molar-refractivity contribution in [2.75, 3.05) is 39.3 Å². The second-order valence-corrected chi connectivity index (χ2v) is 17.5. The molecule has 3 aromatic heterocycles. The molecule has 17 nitrogen and oxygen atoms in total. The third-order valence-corrected chi connectivity index (χ3v) is 12.9. The quantitative estimate of drug-likeness (QED) is 0.101. The Morgan fingerprint density at radius 2 is 1.13 bits per heavy atom. The average molecular weight is 863 g/mol. The van der Waals surface area contributed by atoms with E-state index in [2.05, 4.69) is 54.8 Å². The van der Waals surface area contributed by atoms with Gasteiger partial charge in [0.25, 0.3) is 0 Å². The number of fused-ring (bicyclic) bond motifs is 2. The number of methoxy groups -OCH3 is 3. The number of hydrogen-bond donors (Lipinski definition) is 4. The molecular formula is C46H58N10O7. The molecular weight excluding hydrogens is 805 g/mol. The van der Waals surface area contributed by atoms with Crippen molar-refractivity contribution >= 4 is 51.8 Å². The van der Waals surface area contributed by atoms with Crippen molar-refractivity contribution in [3.05, 3.63) is 77.5 Å². The van der Waals surface area contributed by atoms with Crippen LogP contribution in [0.15, 0.2) is 54.7 Å². The van der Waals surface area contributed by atoms with E-state index in [9.17, 15) is 19.2 Å². The van der Waals surface area contributed by atoms with E-state index >= 15 is 0 Å². The van der Waals surface area contributed by atoms with Crippen LogP contribution in [0.1, 0.15) is 113 Å². The van der Waals surface area contributed by atoms with E-state index in [-0.39, 0.29) is 47.8 Å². The Morgan fingerprint density at radius 3 is 1.52 bits per heavy atom. The lowest BCUT2D eigenvalue weighted by molar-refractivity contribution is -0.136. The van der Waals surface area contributed by atoms with Crippen LogP contribution in [0.3, 0.4) is 0 Å². The van der Waals surface area contributed by atoms with Crippen LogP contribution in [-0.2, 0) is 19.1 Å². The zero-order valence-electron chi connectivity index (χ0n) is 37.0. The number of carbonyl (C=O) groups is 4. The van der Waals surface area contributed by atoms with E-state index in [1.165, 1.54) is 14.2 Å². The molecule has 5 aromatic rings. The maximum atomic E-state index is 13.8. The number of aromatic amines is 2. The highest BCUT2D eigenvalue weighted by Crippen LogP contribution is 2.48. The van der Waals surface area contributed by atoms with Crippen molar-refractivity contribution in [2.45, 2.75) is 102 Å². The van der Waals surface area contributed by atoms with E-state index in [0.717, 1.165) is 89.1 Å². The van der Waals surface area contributed by atoms with E-state index < -0.39 is 24.3 Å². The molecule has 6 heterocycles. The lowest BCUT2D eigenvalue weighted by atomic mass is 10.0. The number of rotatable bonds is 12. The van der Waals surface area contributed by atoms with E-state index in [1.54, 1.807) is 7.11 Å². The second-order valence-electron chi connectivity index (χ2n) is 17.5. The highest BCUT2D eigenvalue weighted by atomic mass is 16.5. The van der Waals surface area contributed by atoms with Crippen LogP contribution in [0.2, 0.25) is 0 Å². The van der Waals surface area contributed by atoms with Gasteiger partial charge in [-0.3, -0.25) is 9.59 Å². The summed E-state index contributed by atoms with van der Waals surface area (Å²) < 4.78 is 15.1. The summed E-state index contributed by atoms with van der Waals surface area (Å²) in [5, 5.41) is 5.46. The zero-order chi connectivity index (χ0) is 44.5. The first-order valence-electron chi connectivity index (χ1n) is 22.0. The molecule has 3 saturated heterocycles. The van der Waals surface area contributed by atoms with Gasteiger partial charge in [0, 0.05) is 19.2 Å². The van der Waals surface area contributed by atoms with Crippen LogP contribution >= 0.6 is 0 Å². The number of H-pyrrole nitrogens is 2. The number of alkyl carbamates (subject to hydrolysis) is 2. The largest absolute Gasteiger partial charge is 0.481 e. The fraction of sp³-hybridized carbons (Fsp3) is 0.500. The molecule has 4 N–H and O–H groups in total. The van der Waals surface area contributed by atoms with Gasteiger partial charge in [-0.15, -0.1) is 0 Å². The van der Waals surface area contributed by atoms with Crippen molar-refractivity contribution in [3.8, 4) is 5.88 Å². The average Bonchev–Trinajstić information content (AvgIpc) is 4.14. The molecule has 0 radical (unpaired) electrons. The van der Waals surface area contributed by atoms with Gasteiger partial charge in [-0.25, -0.2) is 24.5 Å². The molecule has 17 heteroatoms. The fourth-order valence-corrected chi connectivity index (χ4v) is 9.68. The van der Waals surface area contributed by atoms with Crippen molar-refractivity contribution < 1.29 is 33.4 Å². The first-order valence-corrected chi connectivity index (χ1v) is 22.0. The Kier molecular flexibility index (Phi) is 12.5. The SMILES string of the molecule is COC(=O)N[C@H](C(=O)N1CCC[C@H]1c1nc2ccc([C@H]3CC[C@H](c4ccc5nc([C@@H]6CCCN6C(=O)[C@@H](NC(=O)OC)C(C)C)[nH]c5c4)N3c3ccc(OC)nc3)cc2[nH]1)C(C)C. The molecule has 63 heavy (non-hydrogen) atoms. The molecule has 4 amide bonds. The predicted molar refractivity (Wildman–Crippen MR) is 236 cm³/mol. The first kappa shape index (κ1) is 43.3. The van der Waals surface area contributed by atoms with Crippen LogP contribution in [0, 0.1) is 11.8 Å². The van der Waals surface area contributed by atoms with E-state index in [4.69, 9.17) is 24.2 Å². The summed E-state index contributed by atoms with van der Waals surface area (Å²) in [6.45, 7) is 8.78. The Labute approximate surface area is 366 Å². The number of anilines is 1. The normalized spacial score (nSPS) is 21.1. The molecule has 0 bridgehead atoms. The number of hydrogen-bond acceptors (Lipinski definition) is 11. The highest BCUT2D eigenvalue weighted by molar-refractivity contribution is 5.87. The number of nitrogens with one attached hydrogen (secondary N) is 4. The minimum Gasteiger partial charge on any atom is -0.481 e. The number of pyridine rings is 1. The molecule has 3 aliphatic heterocycles. The van der Waals surface area contributed by atoms with Crippen LogP contribution < -0.4 is 20.3 Å². The maximum absolute atomic E-state index is 13.8. The summed E-state index contributed by atoms with van der Waals surface area (Å²) in [6.07, 6.45) is 5.53. The predicted octanol–water partition coefficient (Wildman–Crippen LogP) is 7.01. The molecule has 6 atom stereocenters. The Hall–Kier alpha value is -6.39. The second kappa shape index (κ2) is 18.1. The molecule has 0 spiro atoms. The summed E-state index contributed by atoms with van der Waals surface area (Å²) in [4.78, 5) is 79.7. The standard InChI is InChI=1S/C46H58N10O7/c1-25(2)39(52-45(59)62-6)43(57)54-20-8-10-36(54)41-48-30-15-12-27(22-32(30)50-41)34-17-18-35(56(34)29-14-19-38(61-5)47-24-29)28-13-16-31-33(23-28)51-42(49-31)37-11-9-21-55(37)44(58)40(26(3)4)53-46(60)63-7/h12-16,19,22-26,34-37,39-40H,8-11,17-18,20-21H2,1-7H3,(H,48,50)(H,49,51)(H,52,59)(H,53,60)/t34-,35-,36+,37+,39+,40+/m1/s1. The molecule has 3 fully saturated rings. The minimum atomic E-state index is -0.715. The Bertz CT molecular complexity index is 2320. The van der Waals surface area contributed by atoms with Crippen LogP contribution in [0.25, 0.3) is 22.1 Å². The van der Waals surface area contributed by atoms with Crippen LogP contribution in [-0.4, -0.2) is 105 Å². The summed E-state index contributed by atoms with van der Waals surface area (Å²) in [5.74, 6) is 1.43.